The van der Waals surface area contributed by atoms with E-state index in [0.29, 0.717) is 5.82 Å². The van der Waals surface area contributed by atoms with Gasteiger partial charge >= 0.3 is 5.97 Å². The molecular weight excluding hydrogens is 264 g/mol. The van der Waals surface area contributed by atoms with Crippen LogP contribution in [0.3, 0.4) is 0 Å². The molecule has 0 unspecified atom stereocenters. The van der Waals surface area contributed by atoms with E-state index in [1.165, 1.54) is 18.3 Å². The van der Waals surface area contributed by atoms with Crippen molar-refractivity contribution in [2.24, 2.45) is 5.10 Å². The van der Waals surface area contributed by atoms with Gasteiger partial charge in [0.2, 0.25) is 0 Å². The summed E-state index contributed by atoms with van der Waals surface area (Å²) >= 11 is 1.52. The quantitative estimate of drug-likeness (QED) is 0.568. The van der Waals surface area contributed by atoms with Crippen molar-refractivity contribution in [3.8, 4) is 0 Å². The van der Waals surface area contributed by atoms with E-state index >= 15 is 0 Å². The standard InChI is InChI=1S/C12H10N4O2S/c1-7(12(17)18)14-15-10-8-3-2-5-16(8)9-4-6-19-11(9)13-10/h2-6H,1H3,(H,13,15)(H,17,18)/b14-7-. The maximum Gasteiger partial charge on any atom is 0.351 e. The van der Waals surface area contributed by atoms with Crippen LogP contribution in [0.1, 0.15) is 6.92 Å². The molecule has 0 amide bonds. The van der Waals surface area contributed by atoms with Gasteiger partial charge in [-0.3, -0.25) is 5.43 Å². The van der Waals surface area contributed by atoms with E-state index in [4.69, 9.17) is 5.11 Å². The minimum Gasteiger partial charge on any atom is -0.477 e. The molecule has 6 nitrogen and oxygen atoms in total. The molecule has 0 bridgehead atoms. The van der Waals surface area contributed by atoms with Crippen LogP contribution < -0.4 is 5.43 Å². The third-order valence-corrected chi connectivity index (χ3v) is 3.52. The van der Waals surface area contributed by atoms with Crippen LogP contribution >= 0.6 is 11.3 Å². The van der Waals surface area contributed by atoms with Gasteiger partial charge in [-0.1, -0.05) is 0 Å². The number of fused-ring (bicyclic) bond motifs is 3. The minimum absolute atomic E-state index is 0.0159. The van der Waals surface area contributed by atoms with Crippen LogP contribution in [0.5, 0.6) is 0 Å². The molecule has 2 N–H and O–H groups in total. The number of nitrogens with zero attached hydrogens (tertiary/aromatic N) is 3. The maximum absolute atomic E-state index is 10.7. The molecule has 3 heterocycles. The zero-order valence-electron chi connectivity index (χ0n) is 9.99. The fourth-order valence-electron chi connectivity index (χ4n) is 1.77. The maximum atomic E-state index is 10.7. The number of aromatic nitrogens is 2. The number of nitrogens with one attached hydrogen (secondary N) is 1. The molecule has 0 spiro atoms. The number of hydrogen-bond donors (Lipinski definition) is 2. The van der Waals surface area contributed by atoms with E-state index in [-0.39, 0.29) is 5.71 Å². The van der Waals surface area contributed by atoms with Gasteiger partial charge in [0.15, 0.2) is 5.82 Å². The predicted octanol–water partition coefficient (Wildman–Crippen LogP) is 2.42. The lowest BCUT2D eigenvalue weighted by Crippen LogP contribution is -2.10. The summed E-state index contributed by atoms with van der Waals surface area (Å²) in [6.07, 6.45) is 1.94. The number of carboxylic acid groups (broad SMARTS) is 1. The normalized spacial score (nSPS) is 12.2. The molecule has 0 radical (unpaired) electrons. The number of carbonyl (C=O) groups is 1. The predicted molar refractivity (Wildman–Crippen MR) is 74.9 cm³/mol. The zero-order chi connectivity index (χ0) is 13.4. The van der Waals surface area contributed by atoms with Crippen molar-refractivity contribution in [3.63, 3.8) is 0 Å². The van der Waals surface area contributed by atoms with Gasteiger partial charge in [0.1, 0.15) is 10.5 Å². The highest BCUT2D eigenvalue weighted by atomic mass is 32.1. The highest BCUT2D eigenvalue weighted by Crippen LogP contribution is 2.25. The number of anilines is 1. The van der Waals surface area contributed by atoms with E-state index in [2.05, 4.69) is 15.5 Å². The molecule has 0 atom stereocenters. The van der Waals surface area contributed by atoms with Crippen molar-refractivity contribution in [3.05, 3.63) is 29.8 Å². The van der Waals surface area contributed by atoms with Crippen LogP contribution in [-0.4, -0.2) is 26.2 Å². The average Bonchev–Trinajstić information content (AvgIpc) is 3.02. The lowest BCUT2D eigenvalue weighted by atomic mass is 10.4. The van der Waals surface area contributed by atoms with E-state index in [9.17, 15) is 4.79 Å². The molecule has 0 saturated carbocycles. The third kappa shape index (κ3) is 1.93. The Kier molecular flexibility index (Phi) is 2.68. The number of rotatable bonds is 3. The van der Waals surface area contributed by atoms with Gasteiger partial charge in [0.25, 0.3) is 0 Å². The Bertz CT molecular complexity index is 802. The van der Waals surface area contributed by atoms with Crippen molar-refractivity contribution in [2.75, 3.05) is 5.43 Å². The minimum atomic E-state index is -1.06. The Balaban J connectivity index is 2.13. The van der Waals surface area contributed by atoms with Crippen molar-refractivity contribution >= 4 is 44.7 Å². The topological polar surface area (TPSA) is 79.0 Å². The van der Waals surface area contributed by atoms with Crippen molar-refractivity contribution in [2.45, 2.75) is 6.92 Å². The summed E-state index contributed by atoms with van der Waals surface area (Å²) < 4.78 is 1.99. The van der Waals surface area contributed by atoms with Gasteiger partial charge in [0, 0.05) is 6.20 Å². The van der Waals surface area contributed by atoms with E-state index in [1.807, 2.05) is 34.2 Å². The molecule has 0 saturated heterocycles. The summed E-state index contributed by atoms with van der Waals surface area (Å²) in [5.74, 6) is -0.517. The summed E-state index contributed by atoms with van der Waals surface area (Å²) in [4.78, 5) is 16.0. The Morgan fingerprint density at radius 1 is 1.47 bits per heavy atom. The Morgan fingerprint density at radius 3 is 3.11 bits per heavy atom. The number of carboxylic acids is 1. The third-order valence-electron chi connectivity index (χ3n) is 2.73. The Labute approximate surface area is 112 Å². The van der Waals surface area contributed by atoms with Crippen molar-refractivity contribution in [1.29, 1.82) is 0 Å². The first-order chi connectivity index (χ1) is 9.16. The van der Waals surface area contributed by atoms with Gasteiger partial charge in [-0.05, 0) is 30.5 Å². The van der Waals surface area contributed by atoms with E-state index in [1.54, 1.807) is 0 Å². The van der Waals surface area contributed by atoms with Crippen LogP contribution in [0.25, 0.3) is 15.9 Å². The second kappa shape index (κ2) is 4.36. The molecule has 7 heteroatoms. The van der Waals surface area contributed by atoms with Gasteiger partial charge in [-0.15, -0.1) is 11.3 Å². The van der Waals surface area contributed by atoms with Gasteiger partial charge < -0.3 is 9.51 Å². The van der Waals surface area contributed by atoms with Crippen LogP contribution in [-0.2, 0) is 4.79 Å². The molecule has 0 aliphatic heterocycles. The Hall–Kier alpha value is -2.41. The molecule has 0 aliphatic rings. The summed E-state index contributed by atoms with van der Waals surface area (Å²) in [5.41, 5.74) is 4.58. The van der Waals surface area contributed by atoms with Crippen molar-refractivity contribution in [1.82, 2.24) is 9.38 Å². The average molecular weight is 274 g/mol. The lowest BCUT2D eigenvalue weighted by molar-refractivity contribution is -0.129. The summed E-state index contributed by atoms with van der Waals surface area (Å²) in [7, 11) is 0. The zero-order valence-corrected chi connectivity index (χ0v) is 10.8. The SMILES string of the molecule is C/C(=N/Nc1nc2sccc2n2cccc12)C(=O)O. The molecule has 3 aromatic rings. The number of aliphatic carboxylic acids is 1. The second-order valence-electron chi connectivity index (χ2n) is 3.95. The summed E-state index contributed by atoms with van der Waals surface area (Å²) in [5, 5.41) is 14.6. The molecule has 0 aromatic carbocycles. The van der Waals surface area contributed by atoms with E-state index in [0.717, 1.165) is 15.9 Å². The lowest BCUT2D eigenvalue weighted by Gasteiger charge is -2.05. The number of hydrazone groups is 1. The monoisotopic (exact) mass is 274 g/mol. The van der Waals surface area contributed by atoms with Gasteiger partial charge in [-0.25, -0.2) is 9.78 Å². The molecule has 96 valence electrons. The second-order valence-corrected chi connectivity index (χ2v) is 4.84. The first-order valence-corrected chi connectivity index (χ1v) is 6.42. The summed E-state index contributed by atoms with van der Waals surface area (Å²) in [6, 6.07) is 5.81. The molecule has 19 heavy (non-hydrogen) atoms. The fraction of sp³-hybridized carbons (Fsp3) is 0.0833. The summed E-state index contributed by atoms with van der Waals surface area (Å²) in [6.45, 7) is 1.42. The van der Waals surface area contributed by atoms with Crippen LogP contribution in [0.2, 0.25) is 0 Å². The first kappa shape index (κ1) is 11.7. The van der Waals surface area contributed by atoms with E-state index < -0.39 is 5.97 Å². The molecule has 3 rings (SSSR count). The first-order valence-electron chi connectivity index (χ1n) is 5.54. The smallest absolute Gasteiger partial charge is 0.351 e. The highest BCUT2D eigenvalue weighted by molar-refractivity contribution is 7.16. The van der Waals surface area contributed by atoms with Crippen LogP contribution in [0.4, 0.5) is 5.82 Å². The molecule has 0 fully saturated rings. The molecular formula is C12H10N4O2S. The van der Waals surface area contributed by atoms with Crippen molar-refractivity contribution < 1.29 is 9.90 Å². The Morgan fingerprint density at radius 2 is 2.32 bits per heavy atom. The number of thiophene rings is 1. The highest BCUT2D eigenvalue weighted by Gasteiger charge is 2.09. The van der Waals surface area contributed by atoms with Crippen LogP contribution in [0, 0.1) is 0 Å². The molecule has 0 aliphatic carbocycles. The van der Waals surface area contributed by atoms with Crippen LogP contribution in [0.15, 0.2) is 34.9 Å². The fourth-order valence-corrected chi connectivity index (χ4v) is 2.53. The largest absolute Gasteiger partial charge is 0.477 e. The van der Waals surface area contributed by atoms with Gasteiger partial charge in [0.05, 0.1) is 11.0 Å². The molecule has 3 aromatic heterocycles. The van der Waals surface area contributed by atoms with Gasteiger partial charge in [-0.2, -0.15) is 5.10 Å². The number of hydrogen-bond acceptors (Lipinski definition) is 5.